The fraction of sp³-hybridized carbons (Fsp3) is 0.538. The van der Waals surface area contributed by atoms with E-state index in [-0.39, 0.29) is 0 Å². The van der Waals surface area contributed by atoms with Gasteiger partial charge in [-0.25, -0.2) is 3.63 Å². The molecule has 0 saturated heterocycles. The molecule has 1 aromatic rings. The fourth-order valence-electron chi connectivity index (χ4n) is 2.23. The topological polar surface area (TPSA) is 43.4 Å². The first kappa shape index (κ1) is 13.9. The molecule has 0 bridgehead atoms. The maximum absolute atomic E-state index is 11.6. The van der Waals surface area contributed by atoms with E-state index in [0.717, 1.165) is 36.2 Å². The molecule has 0 N–H and O–H groups in total. The Morgan fingerprint density at radius 2 is 1.83 bits per heavy atom. The van der Waals surface area contributed by atoms with Crippen LogP contribution in [0.4, 0.5) is 0 Å². The van der Waals surface area contributed by atoms with Gasteiger partial charge in [-0.2, -0.15) is 8.42 Å². The van der Waals surface area contributed by atoms with Crippen molar-refractivity contribution in [1.82, 2.24) is 0 Å². The molecule has 5 heteroatoms. The fourth-order valence-corrected chi connectivity index (χ4v) is 8.10. The van der Waals surface area contributed by atoms with Crippen molar-refractivity contribution in [3.63, 3.8) is 0 Å². The molecule has 0 radical (unpaired) electrons. The van der Waals surface area contributed by atoms with Crippen LogP contribution in [0.15, 0.2) is 35.2 Å². The molecule has 3 nitrogen and oxygen atoms in total. The molecule has 0 aliphatic heterocycles. The highest BCUT2D eigenvalue weighted by Gasteiger charge is 2.45. The summed E-state index contributed by atoms with van der Waals surface area (Å²) in [4.78, 5) is 1.07. The van der Waals surface area contributed by atoms with Gasteiger partial charge < -0.3 is 0 Å². The average molecular weight is 288 g/mol. The molecule has 0 aromatic heterocycles. The second-order valence-electron chi connectivity index (χ2n) is 4.71. The van der Waals surface area contributed by atoms with E-state index in [1.54, 1.807) is 0 Å². The zero-order valence-electron chi connectivity index (χ0n) is 10.8. The summed E-state index contributed by atoms with van der Waals surface area (Å²) in [6.45, 7) is 2.08. The summed E-state index contributed by atoms with van der Waals surface area (Å²) in [7, 11) is -5.10. The normalized spacial score (nSPS) is 21.2. The molecule has 1 aromatic carbocycles. The van der Waals surface area contributed by atoms with Crippen molar-refractivity contribution in [2.75, 3.05) is 12.0 Å². The molecule has 0 spiro atoms. The zero-order chi connectivity index (χ0) is 13.2. The first-order valence-electron chi connectivity index (χ1n) is 6.24. The van der Waals surface area contributed by atoms with Gasteiger partial charge in [-0.1, -0.05) is 35.4 Å². The minimum atomic E-state index is -3.42. The summed E-state index contributed by atoms with van der Waals surface area (Å²) in [5.41, 5.74) is 0. The number of hydrogen-bond donors (Lipinski definition) is 0. The van der Waals surface area contributed by atoms with Crippen LogP contribution in [0.2, 0.25) is 0 Å². The van der Waals surface area contributed by atoms with Gasteiger partial charge in [0.2, 0.25) is 0 Å². The summed E-state index contributed by atoms with van der Waals surface area (Å²) in [6, 6.07) is 9.89. The molecule has 0 amide bonds. The highest BCUT2D eigenvalue weighted by molar-refractivity contribution is 8.33. The van der Waals surface area contributed by atoms with Crippen LogP contribution in [0.5, 0.6) is 0 Å². The standard InChI is InChI=1S/C13H20O3S2/c1-3-11-18(13-9-10-13,16-17(2,14)15)12-7-5-4-6-8-12/h4-8,13H,3,9-11H2,1-2H3. The predicted molar refractivity (Wildman–Crippen MR) is 76.4 cm³/mol. The highest BCUT2D eigenvalue weighted by Crippen LogP contribution is 2.68. The Hall–Kier alpha value is -0.520. The molecule has 0 heterocycles. The van der Waals surface area contributed by atoms with E-state index in [1.807, 2.05) is 30.3 Å². The molecule has 1 atom stereocenters. The lowest BCUT2D eigenvalue weighted by molar-refractivity contribution is 0.515. The van der Waals surface area contributed by atoms with Gasteiger partial charge in [-0.05, 0) is 31.4 Å². The van der Waals surface area contributed by atoms with Crippen molar-refractivity contribution in [3.8, 4) is 0 Å². The van der Waals surface area contributed by atoms with Crippen LogP contribution in [0.3, 0.4) is 0 Å². The molecule has 1 saturated carbocycles. The van der Waals surface area contributed by atoms with Gasteiger partial charge in [0.05, 0.1) is 6.26 Å². The van der Waals surface area contributed by atoms with Crippen molar-refractivity contribution in [2.24, 2.45) is 0 Å². The van der Waals surface area contributed by atoms with Gasteiger partial charge in [0, 0.05) is 15.9 Å². The Balaban J connectivity index is 2.43. The second kappa shape index (κ2) is 5.23. The Morgan fingerprint density at radius 3 is 2.28 bits per heavy atom. The van der Waals surface area contributed by atoms with Crippen molar-refractivity contribution in [2.45, 2.75) is 36.3 Å². The average Bonchev–Trinajstić information content (AvgIpc) is 3.12. The van der Waals surface area contributed by atoms with Crippen LogP contribution in [0.1, 0.15) is 26.2 Å². The number of rotatable bonds is 6. The molecular weight excluding hydrogens is 268 g/mol. The van der Waals surface area contributed by atoms with Gasteiger partial charge in [-0.3, -0.25) is 0 Å². The molecule has 1 fully saturated rings. The summed E-state index contributed by atoms with van der Waals surface area (Å²) in [5, 5.41) is 0.412. The van der Waals surface area contributed by atoms with E-state index in [9.17, 15) is 8.42 Å². The summed E-state index contributed by atoms with van der Waals surface area (Å²) < 4.78 is 28.9. The van der Waals surface area contributed by atoms with Gasteiger partial charge in [0.1, 0.15) is 0 Å². The first-order valence-corrected chi connectivity index (χ1v) is 9.84. The van der Waals surface area contributed by atoms with Crippen LogP contribution < -0.4 is 0 Å². The summed E-state index contributed by atoms with van der Waals surface area (Å²) in [5.74, 6) is 0.828. The van der Waals surface area contributed by atoms with Crippen LogP contribution in [0, 0.1) is 0 Å². The largest absolute Gasteiger partial charge is 0.273 e. The van der Waals surface area contributed by atoms with Crippen LogP contribution in [0.25, 0.3) is 0 Å². The van der Waals surface area contributed by atoms with E-state index >= 15 is 0 Å². The van der Waals surface area contributed by atoms with Crippen LogP contribution in [-0.2, 0) is 13.7 Å². The van der Waals surface area contributed by atoms with Crippen molar-refractivity contribution in [1.29, 1.82) is 0 Å². The third-order valence-electron chi connectivity index (χ3n) is 2.96. The van der Waals surface area contributed by atoms with E-state index < -0.39 is 20.4 Å². The van der Waals surface area contributed by atoms with E-state index in [2.05, 4.69) is 6.92 Å². The Kier molecular flexibility index (Phi) is 4.04. The molecule has 102 valence electrons. The zero-order valence-corrected chi connectivity index (χ0v) is 12.5. The monoisotopic (exact) mass is 288 g/mol. The van der Waals surface area contributed by atoms with E-state index in [1.165, 1.54) is 0 Å². The van der Waals surface area contributed by atoms with Gasteiger partial charge >= 0.3 is 0 Å². The molecule has 18 heavy (non-hydrogen) atoms. The van der Waals surface area contributed by atoms with E-state index in [0.29, 0.717) is 5.25 Å². The maximum Gasteiger partial charge on any atom is 0.273 e. The lowest BCUT2D eigenvalue weighted by Gasteiger charge is -2.38. The first-order chi connectivity index (χ1) is 8.48. The predicted octanol–water partition coefficient (Wildman–Crippen LogP) is 3.31. The number of benzene rings is 1. The quantitative estimate of drug-likeness (QED) is 0.806. The maximum atomic E-state index is 11.6. The molecule has 1 aliphatic rings. The number of hydrogen-bond acceptors (Lipinski definition) is 3. The van der Waals surface area contributed by atoms with Crippen molar-refractivity contribution < 1.29 is 12.0 Å². The Morgan fingerprint density at radius 1 is 1.22 bits per heavy atom. The van der Waals surface area contributed by atoms with E-state index in [4.69, 9.17) is 3.63 Å². The third kappa shape index (κ3) is 3.08. The highest BCUT2D eigenvalue weighted by atomic mass is 32.3. The molecule has 1 aliphatic carbocycles. The lowest BCUT2D eigenvalue weighted by Crippen LogP contribution is -2.18. The minimum absolute atomic E-state index is 0.412. The van der Waals surface area contributed by atoms with Crippen molar-refractivity contribution >= 4 is 20.4 Å². The SMILES string of the molecule is CCCS(OS(C)(=O)=O)(c1ccccc1)C1CC1. The van der Waals surface area contributed by atoms with Crippen molar-refractivity contribution in [3.05, 3.63) is 30.3 Å². The van der Waals surface area contributed by atoms with Crippen LogP contribution in [-0.4, -0.2) is 25.7 Å². The third-order valence-corrected chi connectivity index (χ3v) is 8.55. The summed E-state index contributed by atoms with van der Waals surface area (Å²) in [6.07, 6.45) is 4.27. The minimum Gasteiger partial charge on any atom is -0.216 e. The second-order valence-corrected chi connectivity index (χ2v) is 9.67. The summed E-state index contributed by atoms with van der Waals surface area (Å²) >= 11 is 0. The lowest BCUT2D eigenvalue weighted by atomic mass is 10.4. The molecule has 1 unspecified atom stereocenters. The van der Waals surface area contributed by atoms with Gasteiger partial charge in [-0.15, -0.1) is 0 Å². The van der Waals surface area contributed by atoms with Gasteiger partial charge in [0.15, 0.2) is 0 Å². The van der Waals surface area contributed by atoms with Crippen LogP contribution >= 0.6 is 10.3 Å². The Labute approximate surface area is 111 Å². The van der Waals surface area contributed by atoms with Gasteiger partial charge in [0.25, 0.3) is 10.1 Å². The molecule has 2 rings (SSSR count). The Bertz CT molecular complexity index is 494. The molecular formula is C13H20O3S2. The smallest absolute Gasteiger partial charge is 0.216 e.